The SMILES string of the molecule is CCS(=O)(=O)N1CC(N)C(c2ccccc2)C1. The Balaban J connectivity index is 2.19. The molecule has 1 aliphatic rings. The molecule has 1 aromatic carbocycles. The highest BCUT2D eigenvalue weighted by atomic mass is 32.2. The van der Waals surface area contributed by atoms with E-state index in [1.54, 1.807) is 6.92 Å². The molecule has 0 saturated carbocycles. The van der Waals surface area contributed by atoms with Gasteiger partial charge in [-0.05, 0) is 12.5 Å². The molecule has 4 nitrogen and oxygen atoms in total. The van der Waals surface area contributed by atoms with E-state index in [0.717, 1.165) is 5.56 Å². The van der Waals surface area contributed by atoms with Crippen molar-refractivity contribution in [2.45, 2.75) is 18.9 Å². The highest BCUT2D eigenvalue weighted by molar-refractivity contribution is 7.89. The van der Waals surface area contributed by atoms with E-state index in [0.29, 0.717) is 13.1 Å². The summed E-state index contributed by atoms with van der Waals surface area (Å²) in [6.07, 6.45) is 0. The number of sulfonamides is 1. The number of benzene rings is 1. The monoisotopic (exact) mass is 254 g/mol. The fraction of sp³-hybridized carbons (Fsp3) is 0.500. The summed E-state index contributed by atoms with van der Waals surface area (Å²) in [5.41, 5.74) is 7.17. The lowest BCUT2D eigenvalue weighted by Crippen LogP contribution is -2.33. The Morgan fingerprint density at radius 3 is 2.53 bits per heavy atom. The van der Waals surface area contributed by atoms with Crippen LogP contribution in [0.25, 0.3) is 0 Å². The smallest absolute Gasteiger partial charge is 0.213 e. The van der Waals surface area contributed by atoms with Gasteiger partial charge in [-0.2, -0.15) is 4.31 Å². The van der Waals surface area contributed by atoms with E-state index < -0.39 is 10.0 Å². The second-order valence-corrected chi connectivity index (χ2v) is 6.66. The van der Waals surface area contributed by atoms with E-state index in [2.05, 4.69) is 0 Å². The van der Waals surface area contributed by atoms with Crippen LogP contribution in [-0.4, -0.2) is 37.6 Å². The largest absolute Gasteiger partial charge is 0.326 e. The number of hydrogen-bond donors (Lipinski definition) is 1. The minimum absolute atomic E-state index is 0.109. The van der Waals surface area contributed by atoms with Gasteiger partial charge in [0.15, 0.2) is 0 Å². The quantitative estimate of drug-likeness (QED) is 0.866. The fourth-order valence-corrected chi connectivity index (χ4v) is 3.41. The van der Waals surface area contributed by atoms with Crippen LogP contribution in [0.5, 0.6) is 0 Å². The summed E-state index contributed by atoms with van der Waals surface area (Å²) in [5, 5.41) is 0. The molecule has 1 heterocycles. The van der Waals surface area contributed by atoms with Crippen LogP contribution < -0.4 is 5.73 Å². The van der Waals surface area contributed by atoms with Crippen molar-refractivity contribution in [1.82, 2.24) is 4.31 Å². The van der Waals surface area contributed by atoms with E-state index in [4.69, 9.17) is 5.73 Å². The molecular formula is C12H18N2O2S. The van der Waals surface area contributed by atoms with Crippen LogP contribution in [0.2, 0.25) is 0 Å². The number of nitrogens with zero attached hydrogens (tertiary/aromatic N) is 1. The standard InChI is InChI=1S/C12H18N2O2S/c1-2-17(15,16)14-8-11(12(13)9-14)10-6-4-3-5-7-10/h3-7,11-12H,2,8-9,13H2,1H3. The summed E-state index contributed by atoms with van der Waals surface area (Å²) in [5.74, 6) is 0.249. The Bertz CT molecular complexity index is 473. The first-order valence-corrected chi connectivity index (χ1v) is 7.44. The number of hydrogen-bond acceptors (Lipinski definition) is 3. The minimum Gasteiger partial charge on any atom is -0.326 e. The highest BCUT2D eigenvalue weighted by Crippen LogP contribution is 2.27. The second kappa shape index (κ2) is 4.76. The zero-order chi connectivity index (χ0) is 12.5. The Hall–Kier alpha value is -0.910. The minimum atomic E-state index is -3.12. The molecule has 94 valence electrons. The first-order valence-electron chi connectivity index (χ1n) is 5.83. The van der Waals surface area contributed by atoms with Crippen LogP contribution in [0.4, 0.5) is 0 Å². The summed E-state index contributed by atoms with van der Waals surface area (Å²) in [4.78, 5) is 0. The topological polar surface area (TPSA) is 63.4 Å². The van der Waals surface area contributed by atoms with Crippen molar-refractivity contribution in [2.24, 2.45) is 5.73 Å². The Morgan fingerprint density at radius 1 is 1.29 bits per heavy atom. The molecule has 1 aliphatic heterocycles. The second-order valence-electron chi connectivity index (χ2n) is 4.40. The molecule has 5 heteroatoms. The average Bonchev–Trinajstić information content (AvgIpc) is 2.73. The maximum absolute atomic E-state index is 11.8. The average molecular weight is 254 g/mol. The molecule has 1 fully saturated rings. The molecule has 0 aromatic heterocycles. The molecule has 2 N–H and O–H groups in total. The third kappa shape index (κ3) is 2.51. The number of rotatable bonds is 3. The summed E-state index contributed by atoms with van der Waals surface area (Å²) < 4.78 is 25.1. The first-order chi connectivity index (χ1) is 8.04. The molecule has 0 spiro atoms. The van der Waals surface area contributed by atoms with Crippen molar-refractivity contribution in [3.8, 4) is 0 Å². The summed E-state index contributed by atoms with van der Waals surface area (Å²) in [6.45, 7) is 2.59. The predicted octanol–water partition coefficient (Wildman–Crippen LogP) is 0.763. The Labute approximate surface area is 102 Å². The van der Waals surface area contributed by atoms with Gasteiger partial charge in [0.05, 0.1) is 5.75 Å². The molecule has 0 bridgehead atoms. The molecule has 2 atom stereocenters. The van der Waals surface area contributed by atoms with Gasteiger partial charge in [-0.1, -0.05) is 30.3 Å². The van der Waals surface area contributed by atoms with Gasteiger partial charge in [-0.25, -0.2) is 8.42 Å². The summed E-state index contributed by atoms with van der Waals surface area (Å²) in [6, 6.07) is 9.76. The zero-order valence-corrected chi connectivity index (χ0v) is 10.7. The lowest BCUT2D eigenvalue weighted by molar-refractivity contribution is 0.471. The maximum Gasteiger partial charge on any atom is 0.213 e. The van der Waals surface area contributed by atoms with Crippen LogP contribution in [0.15, 0.2) is 30.3 Å². The Kier molecular flexibility index (Phi) is 3.51. The normalized spacial score (nSPS) is 26.2. The van der Waals surface area contributed by atoms with Crippen LogP contribution in [0.1, 0.15) is 18.4 Å². The van der Waals surface area contributed by atoms with Gasteiger partial charge >= 0.3 is 0 Å². The van der Waals surface area contributed by atoms with Gasteiger partial charge in [-0.3, -0.25) is 0 Å². The van der Waals surface area contributed by atoms with E-state index in [1.807, 2.05) is 30.3 Å². The van der Waals surface area contributed by atoms with E-state index in [9.17, 15) is 8.42 Å². The third-order valence-corrected chi connectivity index (χ3v) is 5.13. The molecule has 1 saturated heterocycles. The molecule has 0 radical (unpaired) electrons. The van der Waals surface area contributed by atoms with Gasteiger partial charge in [0.2, 0.25) is 10.0 Å². The molecule has 2 rings (SSSR count). The predicted molar refractivity (Wildman–Crippen MR) is 68.2 cm³/mol. The van der Waals surface area contributed by atoms with E-state index in [1.165, 1.54) is 4.31 Å². The van der Waals surface area contributed by atoms with Gasteiger partial charge in [0.1, 0.15) is 0 Å². The lowest BCUT2D eigenvalue weighted by Gasteiger charge is -2.15. The van der Waals surface area contributed by atoms with Gasteiger partial charge in [0.25, 0.3) is 0 Å². The first kappa shape index (κ1) is 12.5. The fourth-order valence-electron chi connectivity index (χ4n) is 2.25. The van der Waals surface area contributed by atoms with Crippen molar-refractivity contribution in [1.29, 1.82) is 0 Å². The molecule has 2 unspecified atom stereocenters. The molecule has 17 heavy (non-hydrogen) atoms. The Morgan fingerprint density at radius 2 is 1.94 bits per heavy atom. The zero-order valence-electron chi connectivity index (χ0n) is 9.91. The molecule has 1 aromatic rings. The van der Waals surface area contributed by atoms with E-state index >= 15 is 0 Å². The third-order valence-electron chi connectivity index (χ3n) is 3.32. The van der Waals surface area contributed by atoms with Crippen molar-refractivity contribution in [3.63, 3.8) is 0 Å². The van der Waals surface area contributed by atoms with Crippen molar-refractivity contribution >= 4 is 10.0 Å². The van der Waals surface area contributed by atoms with Crippen LogP contribution in [-0.2, 0) is 10.0 Å². The van der Waals surface area contributed by atoms with Crippen molar-refractivity contribution in [3.05, 3.63) is 35.9 Å². The van der Waals surface area contributed by atoms with Crippen LogP contribution in [0, 0.1) is 0 Å². The van der Waals surface area contributed by atoms with Crippen LogP contribution in [0.3, 0.4) is 0 Å². The summed E-state index contributed by atoms with van der Waals surface area (Å²) in [7, 11) is -3.12. The van der Waals surface area contributed by atoms with Gasteiger partial charge < -0.3 is 5.73 Å². The van der Waals surface area contributed by atoms with Crippen molar-refractivity contribution in [2.75, 3.05) is 18.8 Å². The molecular weight excluding hydrogens is 236 g/mol. The van der Waals surface area contributed by atoms with E-state index in [-0.39, 0.29) is 17.7 Å². The highest BCUT2D eigenvalue weighted by Gasteiger charge is 2.36. The lowest BCUT2D eigenvalue weighted by atomic mass is 9.95. The molecule has 0 amide bonds. The van der Waals surface area contributed by atoms with Gasteiger partial charge in [-0.15, -0.1) is 0 Å². The van der Waals surface area contributed by atoms with Gasteiger partial charge in [0, 0.05) is 25.0 Å². The van der Waals surface area contributed by atoms with Crippen molar-refractivity contribution < 1.29 is 8.42 Å². The van der Waals surface area contributed by atoms with Crippen LogP contribution >= 0.6 is 0 Å². The maximum atomic E-state index is 11.8. The number of nitrogens with two attached hydrogens (primary N) is 1. The molecule has 0 aliphatic carbocycles. The summed E-state index contributed by atoms with van der Waals surface area (Å²) >= 11 is 0.